The molecule has 17 heavy (non-hydrogen) atoms. The van der Waals surface area contributed by atoms with Crippen LogP contribution in [0.2, 0.25) is 0 Å². The van der Waals surface area contributed by atoms with Gasteiger partial charge in [-0.05, 0) is 18.6 Å². The van der Waals surface area contributed by atoms with Crippen molar-refractivity contribution in [3.63, 3.8) is 0 Å². The van der Waals surface area contributed by atoms with E-state index in [-0.39, 0.29) is 5.56 Å². The molecule has 0 aliphatic heterocycles. The van der Waals surface area contributed by atoms with Crippen LogP contribution in [0.1, 0.15) is 22.3 Å². The summed E-state index contributed by atoms with van der Waals surface area (Å²) in [6, 6.07) is 1.31. The lowest BCUT2D eigenvalue weighted by atomic mass is 9.97. The lowest BCUT2D eigenvalue weighted by Gasteiger charge is -2.19. The molecule has 0 aromatic heterocycles. The van der Waals surface area contributed by atoms with Crippen molar-refractivity contribution in [3.05, 3.63) is 34.4 Å². The van der Waals surface area contributed by atoms with Crippen molar-refractivity contribution in [2.24, 2.45) is 0 Å². The SMILES string of the molecule is Cc1cc(CO)c(C(F)(F)F)c(C(F)(F)F)c1. The number of halogens is 6. The van der Waals surface area contributed by atoms with Crippen LogP contribution in [0, 0.1) is 6.92 Å². The first-order chi connectivity index (χ1) is 7.57. The molecule has 0 spiro atoms. The van der Waals surface area contributed by atoms with Crippen LogP contribution in [0.25, 0.3) is 0 Å². The maximum Gasteiger partial charge on any atom is 0.417 e. The van der Waals surface area contributed by atoms with Gasteiger partial charge in [0.15, 0.2) is 0 Å². The smallest absolute Gasteiger partial charge is 0.392 e. The lowest BCUT2D eigenvalue weighted by molar-refractivity contribution is -0.162. The Balaban J connectivity index is 3.63. The molecule has 1 aromatic carbocycles. The maximum absolute atomic E-state index is 12.5. The highest BCUT2D eigenvalue weighted by Gasteiger charge is 2.44. The Kier molecular flexibility index (Phi) is 3.42. The van der Waals surface area contributed by atoms with Gasteiger partial charge in [-0.2, -0.15) is 26.3 Å². The molecule has 1 aromatic rings. The van der Waals surface area contributed by atoms with Gasteiger partial charge < -0.3 is 5.11 Å². The Labute approximate surface area is 92.7 Å². The zero-order valence-corrected chi connectivity index (χ0v) is 8.58. The molecule has 96 valence electrons. The van der Waals surface area contributed by atoms with Gasteiger partial charge in [0.1, 0.15) is 0 Å². The van der Waals surface area contributed by atoms with Gasteiger partial charge in [0.2, 0.25) is 0 Å². The highest BCUT2D eigenvalue weighted by Crippen LogP contribution is 2.42. The second kappa shape index (κ2) is 4.21. The number of aliphatic hydroxyl groups is 1. The van der Waals surface area contributed by atoms with E-state index in [4.69, 9.17) is 5.11 Å². The first-order valence-electron chi connectivity index (χ1n) is 4.46. The van der Waals surface area contributed by atoms with Crippen molar-refractivity contribution in [3.8, 4) is 0 Å². The number of rotatable bonds is 1. The van der Waals surface area contributed by atoms with Gasteiger partial charge in [-0.25, -0.2) is 0 Å². The fourth-order valence-corrected chi connectivity index (χ4v) is 1.54. The third-order valence-corrected chi connectivity index (χ3v) is 2.12. The summed E-state index contributed by atoms with van der Waals surface area (Å²) in [7, 11) is 0. The molecule has 0 radical (unpaired) electrons. The minimum Gasteiger partial charge on any atom is -0.392 e. The Bertz CT molecular complexity index is 418. The van der Waals surface area contributed by atoms with Gasteiger partial charge in [0, 0.05) is 0 Å². The quantitative estimate of drug-likeness (QED) is 0.764. The average Bonchev–Trinajstić information content (AvgIpc) is 2.12. The highest BCUT2D eigenvalue weighted by molar-refractivity contribution is 5.42. The van der Waals surface area contributed by atoms with E-state index in [0.29, 0.717) is 6.07 Å². The van der Waals surface area contributed by atoms with Gasteiger partial charge in [-0.15, -0.1) is 0 Å². The fourth-order valence-electron chi connectivity index (χ4n) is 1.54. The van der Waals surface area contributed by atoms with Crippen molar-refractivity contribution in [2.75, 3.05) is 0 Å². The zero-order valence-electron chi connectivity index (χ0n) is 8.58. The van der Waals surface area contributed by atoms with Gasteiger partial charge >= 0.3 is 12.4 Å². The van der Waals surface area contributed by atoms with Crippen molar-refractivity contribution in [1.29, 1.82) is 0 Å². The molecular weight excluding hydrogens is 250 g/mol. The van der Waals surface area contributed by atoms with E-state index in [0.717, 1.165) is 6.07 Å². The molecule has 0 amide bonds. The van der Waals surface area contributed by atoms with Crippen molar-refractivity contribution in [1.82, 2.24) is 0 Å². The molecule has 0 heterocycles. The van der Waals surface area contributed by atoms with E-state index in [1.165, 1.54) is 6.92 Å². The Morgan fingerprint density at radius 2 is 1.53 bits per heavy atom. The molecule has 0 saturated heterocycles. The molecule has 1 N–H and O–H groups in total. The number of aryl methyl sites for hydroxylation is 1. The minimum absolute atomic E-state index is 0.00868. The van der Waals surface area contributed by atoms with Crippen LogP contribution >= 0.6 is 0 Å². The van der Waals surface area contributed by atoms with E-state index in [1.807, 2.05) is 0 Å². The van der Waals surface area contributed by atoms with Crippen LogP contribution in [0.4, 0.5) is 26.3 Å². The summed E-state index contributed by atoms with van der Waals surface area (Å²) >= 11 is 0. The normalized spacial score (nSPS) is 12.9. The minimum atomic E-state index is -5.16. The van der Waals surface area contributed by atoms with E-state index in [9.17, 15) is 26.3 Å². The molecule has 0 aliphatic carbocycles. The Morgan fingerprint density at radius 1 is 1.00 bits per heavy atom. The largest absolute Gasteiger partial charge is 0.417 e. The summed E-state index contributed by atoms with van der Waals surface area (Å²) in [4.78, 5) is 0. The molecular formula is C10H8F6O. The van der Waals surface area contributed by atoms with Crippen molar-refractivity contribution >= 4 is 0 Å². The van der Waals surface area contributed by atoms with Gasteiger partial charge in [0.25, 0.3) is 0 Å². The van der Waals surface area contributed by atoms with Crippen molar-refractivity contribution < 1.29 is 31.4 Å². The lowest BCUT2D eigenvalue weighted by Crippen LogP contribution is -2.19. The van der Waals surface area contributed by atoms with Crippen LogP contribution in [-0.4, -0.2) is 5.11 Å². The molecule has 0 bridgehead atoms. The van der Waals surface area contributed by atoms with E-state index in [1.54, 1.807) is 0 Å². The topological polar surface area (TPSA) is 20.2 Å². The standard InChI is InChI=1S/C10H8F6O/c1-5-2-6(4-17)8(10(14,15)16)7(3-5)9(11,12)13/h2-3,17H,4H2,1H3. The van der Waals surface area contributed by atoms with Crippen LogP contribution in [-0.2, 0) is 19.0 Å². The summed E-state index contributed by atoms with van der Waals surface area (Å²) in [6.07, 6.45) is -10.3. The molecule has 1 nitrogen and oxygen atoms in total. The molecule has 0 unspecified atom stereocenters. The first kappa shape index (κ1) is 13.8. The molecule has 1 rings (SSSR count). The van der Waals surface area contributed by atoms with E-state index < -0.39 is 35.6 Å². The average molecular weight is 258 g/mol. The number of alkyl halides is 6. The monoisotopic (exact) mass is 258 g/mol. The van der Waals surface area contributed by atoms with Crippen LogP contribution < -0.4 is 0 Å². The summed E-state index contributed by atoms with van der Waals surface area (Å²) in [5.74, 6) is 0. The van der Waals surface area contributed by atoms with E-state index >= 15 is 0 Å². The third-order valence-electron chi connectivity index (χ3n) is 2.12. The van der Waals surface area contributed by atoms with Crippen LogP contribution in [0.15, 0.2) is 12.1 Å². The summed E-state index contributed by atoms with van der Waals surface area (Å²) in [6.45, 7) is 0.133. The summed E-state index contributed by atoms with van der Waals surface area (Å²) in [5.41, 5.74) is -4.36. The second-order valence-electron chi connectivity index (χ2n) is 3.50. The second-order valence-corrected chi connectivity index (χ2v) is 3.50. The molecule has 7 heteroatoms. The number of hydrogen-bond acceptors (Lipinski definition) is 1. The fraction of sp³-hybridized carbons (Fsp3) is 0.400. The molecule has 0 aliphatic rings. The van der Waals surface area contributed by atoms with Gasteiger partial charge in [0.05, 0.1) is 17.7 Å². The maximum atomic E-state index is 12.5. The van der Waals surface area contributed by atoms with Crippen molar-refractivity contribution in [2.45, 2.75) is 25.9 Å². The van der Waals surface area contributed by atoms with Crippen LogP contribution in [0.3, 0.4) is 0 Å². The Hall–Kier alpha value is -1.24. The van der Waals surface area contributed by atoms with Gasteiger partial charge in [-0.1, -0.05) is 11.6 Å². The van der Waals surface area contributed by atoms with Crippen LogP contribution in [0.5, 0.6) is 0 Å². The van der Waals surface area contributed by atoms with E-state index in [2.05, 4.69) is 0 Å². The van der Waals surface area contributed by atoms with Gasteiger partial charge in [-0.3, -0.25) is 0 Å². The molecule has 0 fully saturated rings. The predicted octanol–water partition coefficient (Wildman–Crippen LogP) is 3.52. The summed E-state index contributed by atoms with van der Waals surface area (Å²) < 4.78 is 75.1. The molecule has 0 saturated carbocycles. The number of hydrogen-bond donors (Lipinski definition) is 1. The number of aliphatic hydroxyl groups excluding tert-OH is 1. The highest BCUT2D eigenvalue weighted by atomic mass is 19.4. The molecule has 0 atom stereocenters. The first-order valence-corrected chi connectivity index (χ1v) is 4.46. The Morgan fingerprint density at radius 3 is 1.88 bits per heavy atom. The predicted molar refractivity (Wildman–Crippen MR) is 47.1 cm³/mol. The number of benzene rings is 1. The zero-order chi connectivity index (χ0) is 13.4. The summed E-state index contributed by atoms with van der Waals surface area (Å²) in [5, 5.41) is 8.73. The third kappa shape index (κ3) is 2.91.